The van der Waals surface area contributed by atoms with Crippen LogP contribution in [0, 0.1) is 0 Å². The number of benzene rings is 1. The van der Waals surface area contributed by atoms with Crippen LogP contribution in [0.4, 0.5) is 0 Å². The molecule has 5 heteroatoms. The second-order valence-electron chi connectivity index (χ2n) is 4.35. The Kier molecular flexibility index (Phi) is 4.92. The van der Waals surface area contributed by atoms with Crippen LogP contribution in [0.2, 0.25) is 0 Å². The Bertz CT molecular complexity index is 510. The zero-order valence-corrected chi connectivity index (χ0v) is 11.5. The number of rotatable bonds is 7. The molecule has 0 bridgehead atoms. The van der Waals surface area contributed by atoms with Crippen molar-refractivity contribution in [3.63, 3.8) is 0 Å². The van der Waals surface area contributed by atoms with Crippen molar-refractivity contribution < 1.29 is 4.74 Å². The Hall–Kier alpha value is -1.88. The molecule has 0 atom stereocenters. The highest BCUT2D eigenvalue weighted by Crippen LogP contribution is 2.13. The van der Waals surface area contributed by atoms with E-state index in [0.29, 0.717) is 13.2 Å². The number of aromatic nitrogens is 3. The first-order chi connectivity index (χ1) is 9.31. The summed E-state index contributed by atoms with van der Waals surface area (Å²) in [5.41, 5.74) is 2.23. The lowest BCUT2D eigenvalue weighted by atomic mass is 10.2. The molecule has 1 aromatic heterocycles. The highest BCUT2D eigenvalue weighted by molar-refractivity contribution is 5.28. The fraction of sp³-hybridized carbons (Fsp3) is 0.429. The topological polar surface area (TPSA) is 52.0 Å². The van der Waals surface area contributed by atoms with Crippen molar-refractivity contribution >= 4 is 0 Å². The van der Waals surface area contributed by atoms with E-state index in [-0.39, 0.29) is 0 Å². The van der Waals surface area contributed by atoms with Gasteiger partial charge in [-0.25, -0.2) is 4.68 Å². The second kappa shape index (κ2) is 6.89. The monoisotopic (exact) mass is 260 g/mol. The third-order valence-corrected chi connectivity index (χ3v) is 2.84. The van der Waals surface area contributed by atoms with Crippen molar-refractivity contribution in [2.24, 2.45) is 0 Å². The summed E-state index contributed by atoms with van der Waals surface area (Å²) >= 11 is 0. The van der Waals surface area contributed by atoms with E-state index < -0.39 is 0 Å². The van der Waals surface area contributed by atoms with Crippen LogP contribution in [0.5, 0.6) is 5.75 Å². The van der Waals surface area contributed by atoms with Gasteiger partial charge in [-0.2, -0.15) is 0 Å². The summed E-state index contributed by atoms with van der Waals surface area (Å²) in [5.74, 6) is 0.912. The molecule has 0 saturated carbocycles. The first-order valence-electron chi connectivity index (χ1n) is 6.57. The molecule has 0 aliphatic heterocycles. The summed E-state index contributed by atoms with van der Waals surface area (Å²) in [4.78, 5) is 0. The van der Waals surface area contributed by atoms with E-state index in [1.54, 1.807) is 4.68 Å². The molecule has 5 nitrogen and oxygen atoms in total. The Morgan fingerprint density at radius 3 is 3.05 bits per heavy atom. The van der Waals surface area contributed by atoms with Crippen molar-refractivity contribution in [2.45, 2.75) is 26.4 Å². The molecule has 1 aromatic carbocycles. The molecular weight excluding hydrogens is 240 g/mol. The third kappa shape index (κ3) is 4.06. The SMILES string of the molecule is CCc1cccc(OCCn2cc(CNC)nn2)c1. The van der Waals surface area contributed by atoms with Gasteiger partial charge in [-0.15, -0.1) is 5.10 Å². The lowest BCUT2D eigenvalue weighted by Gasteiger charge is -2.07. The number of aryl methyl sites for hydroxylation is 1. The van der Waals surface area contributed by atoms with Gasteiger partial charge < -0.3 is 10.1 Å². The fourth-order valence-corrected chi connectivity index (χ4v) is 1.82. The van der Waals surface area contributed by atoms with Gasteiger partial charge in [-0.05, 0) is 31.2 Å². The molecule has 0 saturated heterocycles. The molecule has 0 amide bonds. The van der Waals surface area contributed by atoms with Crippen LogP contribution < -0.4 is 10.1 Å². The lowest BCUT2D eigenvalue weighted by Crippen LogP contribution is -2.09. The summed E-state index contributed by atoms with van der Waals surface area (Å²) < 4.78 is 7.52. The number of nitrogens with one attached hydrogen (secondary N) is 1. The molecule has 0 unspecified atom stereocenters. The molecule has 0 fully saturated rings. The molecule has 0 aliphatic carbocycles. The maximum absolute atomic E-state index is 5.72. The van der Waals surface area contributed by atoms with Crippen molar-refractivity contribution in [1.82, 2.24) is 20.3 Å². The van der Waals surface area contributed by atoms with Gasteiger partial charge in [0.2, 0.25) is 0 Å². The van der Waals surface area contributed by atoms with E-state index in [0.717, 1.165) is 24.4 Å². The van der Waals surface area contributed by atoms with Gasteiger partial charge in [0.05, 0.1) is 12.2 Å². The van der Waals surface area contributed by atoms with Gasteiger partial charge in [0.1, 0.15) is 12.4 Å². The Morgan fingerprint density at radius 1 is 1.37 bits per heavy atom. The summed E-state index contributed by atoms with van der Waals surface area (Å²) in [6.07, 6.45) is 2.95. The number of hydrogen-bond acceptors (Lipinski definition) is 4. The number of ether oxygens (including phenoxy) is 1. The summed E-state index contributed by atoms with van der Waals surface area (Å²) in [5, 5.41) is 11.1. The summed E-state index contributed by atoms with van der Waals surface area (Å²) in [6.45, 7) is 4.17. The van der Waals surface area contributed by atoms with Gasteiger partial charge in [0, 0.05) is 12.7 Å². The average Bonchev–Trinajstić information content (AvgIpc) is 2.87. The maximum Gasteiger partial charge on any atom is 0.119 e. The maximum atomic E-state index is 5.72. The van der Waals surface area contributed by atoms with Crippen molar-refractivity contribution in [3.8, 4) is 5.75 Å². The minimum atomic E-state index is 0.593. The first kappa shape index (κ1) is 13.5. The molecule has 1 N–H and O–H groups in total. The van der Waals surface area contributed by atoms with Gasteiger partial charge in [0.15, 0.2) is 0 Å². The van der Waals surface area contributed by atoms with E-state index >= 15 is 0 Å². The molecule has 102 valence electrons. The largest absolute Gasteiger partial charge is 0.492 e. The predicted molar refractivity (Wildman–Crippen MR) is 74.1 cm³/mol. The lowest BCUT2D eigenvalue weighted by molar-refractivity contribution is 0.289. The van der Waals surface area contributed by atoms with Gasteiger partial charge in [0.25, 0.3) is 0 Å². The van der Waals surface area contributed by atoms with E-state index in [1.165, 1.54) is 5.56 Å². The zero-order chi connectivity index (χ0) is 13.5. The van der Waals surface area contributed by atoms with Gasteiger partial charge >= 0.3 is 0 Å². The van der Waals surface area contributed by atoms with Crippen LogP contribution >= 0.6 is 0 Å². The number of nitrogens with zero attached hydrogens (tertiary/aromatic N) is 3. The Morgan fingerprint density at radius 2 is 2.26 bits per heavy atom. The molecule has 2 aromatic rings. The van der Waals surface area contributed by atoms with Crippen molar-refractivity contribution in [1.29, 1.82) is 0 Å². The van der Waals surface area contributed by atoms with Crippen molar-refractivity contribution in [3.05, 3.63) is 41.7 Å². The Balaban J connectivity index is 1.81. The highest BCUT2D eigenvalue weighted by Gasteiger charge is 2.00. The molecule has 0 spiro atoms. The fourth-order valence-electron chi connectivity index (χ4n) is 1.82. The van der Waals surface area contributed by atoms with Crippen LogP contribution in [0.3, 0.4) is 0 Å². The van der Waals surface area contributed by atoms with Crippen molar-refractivity contribution in [2.75, 3.05) is 13.7 Å². The van der Waals surface area contributed by atoms with E-state index in [9.17, 15) is 0 Å². The van der Waals surface area contributed by atoms with E-state index in [2.05, 4.69) is 34.7 Å². The predicted octanol–water partition coefficient (Wildman–Crippen LogP) is 1.64. The van der Waals surface area contributed by atoms with Crippen LogP contribution in [0.25, 0.3) is 0 Å². The molecular formula is C14H20N4O. The van der Waals surface area contributed by atoms with Crippen LogP contribution in [-0.4, -0.2) is 28.6 Å². The first-order valence-corrected chi connectivity index (χ1v) is 6.57. The van der Waals surface area contributed by atoms with Crippen LogP contribution in [-0.2, 0) is 19.5 Å². The average molecular weight is 260 g/mol. The molecule has 1 heterocycles. The van der Waals surface area contributed by atoms with E-state index in [4.69, 9.17) is 4.74 Å². The zero-order valence-electron chi connectivity index (χ0n) is 11.5. The van der Waals surface area contributed by atoms with Gasteiger partial charge in [-0.1, -0.05) is 24.3 Å². The quantitative estimate of drug-likeness (QED) is 0.822. The minimum Gasteiger partial charge on any atom is -0.492 e. The smallest absolute Gasteiger partial charge is 0.119 e. The molecule has 2 rings (SSSR count). The highest BCUT2D eigenvalue weighted by atomic mass is 16.5. The third-order valence-electron chi connectivity index (χ3n) is 2.84. The normalized spacial score (nSPS) is 10.6. The molecule has 0 radical (unpaired) electrons. The summed E-state index contributed by atoms with van der Waals surface area (Å²) in [6, 6.07) is 8.18. The second-order valence-corrected chi connectivity index (χ2v) is 4.35. The molecule has 19 heavy (non-hydrogen) atoms. The van der Waals surface area contributed by atoms with Gasteiger partial charge in [-0.3, -0.25) is 0 Å². The van der Waals surface area contributed by atoms with E-state index in [1.807, 2.05) is 25.4 Å². The molecule has 0 aliphatic rings. The number of hydrogen-bond donors (Lipinski definition) is 1. The minimum absolute atomic E-state index is 0.593. The van der Waals surface area contributed by atoms with Crippen LogP contribution in [0.1, 0.15) is 18.2 Å². The summed E-state index contributed by atoms with van der Waals surface area (Å²) in [7, 11) is 1.89. The van der Waals surface area contributed by atoms with Crippen LogP contribution in [0.15, 0.2) is 30.5 Å². The Labute approximate surface area is 113 Å². The standard InChI is InChI=1S/C14H20N4O/c1-3-12-5-4-6-14(9-12)19-8-7-18-11-13(10-15-2)16-17-18/h4-6,9,11,15H,3,7-8,10H2,1-2H3.